The molecule has 114 valence electrons. The van der Waals surface area contributed by atoms with Crippen LogP contribution in [0.3, 0.4) is 0 Å². The van der Waals surface area contributed by atoms with Crippen molar-refractivity contribution in [1.29, 1.82) is 5.26 Å². The monoisotopic (exact) mass is 298 g/mol. The van der Waals surface area contributed by atoms with Gasteiger partial charge in [-0.15, -0.1) is 0 Å². The van der Waals surface area contributed by atoms with Crippen molar-refractivity contribution < 1.29 is 14.7 Å². The minimum atomic E-state index is -1.01. The SMILES string of the molecule is N#C/C(=C\c1ccc(C(=O)O)cc1)C(=O)NC1CCCCC1. The number of nitrogens with zero attached hydrogens (tertiary/aromatic N) is 1. The number of amides is 1. The number of carbonyl (C=O) groups excluding carboxylic acids is 1. The van der Waals surface area contributed by atoms with Crippen LogP contribution in [-0.2, 0) is 4.79 Å². The summed E-state index contributed by atoms with van der Waals surface area (Å²) in [6, 6.07) is 8.11. The van der Waals surface area contributed by atoms with Crippen molar-refractivity contribution in [3.8, 4) is 6.07 Å². The zero-order valence-electron chi connectivity index (χ0n) is 12.2. The van der Waals surface area contributed by atoms with Gasteiger partial charge in [0.15, 0.2) is 0 Å². The van der Waals surface area contributed by atoms with Crippen molar-refractivity contribution in [3.05, 3.63) is 41.0 Å². The molecule has 0 radical (unpaired) electrons. The van der Waals surface area contributed by atoms with Crippen LogP contribution in [0.4, 0.5) is 0 Å². The lowest BCUT2D eigenvalue weighted by atomic mass is 9.95. The lowest BCUT2D eigenvalue weighted by Crippen LogP contribution is -2.36. The van der Waals surface area contributed by atoms with Crippen LogP contribution >= 0.6 is 0 Å². The van der Waals surface area contributed by atoms with E-state index < -0.39 is 5.97 Å². The van der Waals surface area contributed by atoms with E-state index in [4.69, 9.17) is 10.4 Å². The molecule has 0 heterocycles. The number of carboxylic acid groups (broad SMARTS) is 1. The molecule has 0 saturated heterocycles. The number of carboxylic acids is 1. The van der Waals surface area contributed by atoms with E-state index in [9.17, 15) is 9.59 Å². The minimum Gasteiger partial charge on any atom is -0.478 e. The lowest BCUT2D eigenvalue weighted by molar-refractivity contribution is -0.117. The van der Waals surface area contributed by atoms with E-state index in [1.165, 1.54) is 24.6 Å². The molecule has 1 saturated carbocycles. The molecule has 2 N–H and O–H groups in total. The number of carbonyl (C=O) groups is 2. The minimum absolute atomic E-state index is 0.0358. The quantitative estimate of drug-likeness (QED) is 0.660. The molecule has 0 aliphatic heterocycles. The molecule has 0 aromatic heterocycles. The van der Waals surface area contributed by atoms with Gasteiger partial charge in [0.25, 0.3) is 5.91 Å². The van der Waals surface area contributed by atoms with Crippen LogP contribution in [0.2, 0.25) is 0 Å². The van der Waals surface area contributed by atoms with E-state index in [0.717, 1.165) is 25.7 Å². The number of nitrogens with one attached hydrogen (secondary N) is 1. The molecule has 5 heteroatoms. The Hall–Kier alpha value is -2.61. The van der Waals surface area contributed by atoms with E-state index in [2.05, 4.69) is 5.32 Å². The highest BCUT2D eigenvalue weighted by atomic mass is 16.4. The van der Waals surface area contributed by atoms with E-state index in [0.29, 0.717) is 5.56 Å². The summed E-state index contributed by atoms with van der Waals surface area (Å²) in [5, 5.41) is 20.9. The van der Waals surface area contributed by atoms with Crippen molar-refractivity contribution in [2.24, 2.45) is 0 Å². The fourth-order valence-electron chi connectivity index (χ4n) is 2.55. The molecule has 0 unspecified atom stereocenters. The molecule has 0 spiro atoms. The molecule has 0 atom stereocenters. The third-order valence-electron chi connectivity index (χ3n) is 3.77. The van der Waals surface area contributed by atoms with Gasteiger partial charge in [0, 0.05) is 6.04 Å². The zero-order valence-corrected chi connectivity index (χ0v) is 12.2. The fourth-order valence-corrected chi connectivity index (χ4v) is 2.55. The largest absolute Gasteiger partial charge is 0.478 e. The molecule has 1 aromatic rings. The van der Waals surface area contributed by atoms with Gasteiger partial charge < -0.3 is 10.4 Å². The van der Waals surface area contributed by atoms with E-state index >= 15 is 0 Å². The molecule has 1 amide bonds. The second-order valence-corrected chi connectivity index (χ2v) is 5.41. The molecule has 0 bridgehead atoms. The Morgan fingerprint density at radius 2 is 1.82 bits per heavy atom. The molecule has 1 aliphatic rings. The maximum absolute atomic E-state index is 12.1. The van der Waals surface area contributed by atoms with E-state index in [-0.39, 0.29) is 23.1 Å². The van der Waals surface area contributed by atoms with Gasteiger partial charge in [0.2, 0.25) is 0 Å². The van der Waals surface area contributed by atoms with Crippen molar-refractivity contribution in [3.63, 3.8) is 0 Å². The molecule has 22 heavy (non-hydrogen) atoms. The van der Waals surface area contributed by atoms with Crippen molar-refractivity contribution in [2.75, 3.05) is 0 Å². The van der Waals surface area contributed by atoms with Crippen LogP contribution < -0.4 is 5.32 Å². The first-order valence-electron chi connectivity index (χ1n) is 7.36. The average molecular weight is 298 g/mol. The Morgan fingerprint density at radius 1 is 1.18 bits per heavy atom. The van der Waals surface area contributed by atoms with E-state index in [1.54, 1.807) is 12.1 Å². The highest BCUT2D eigenvalue weighted by Crippen LogP contribution is 2.18. The first kappa shape index (κ1) is 15.8. The van der Waals surface area contributed by atoms with Gasteiger partial charge in [-0.05, 0) is 36.6 Å². The van der Waals surface area contributed by atoms with Gasteiger partial charge in [-0.25, -0.2) is 4.79 Å². The third kappa shape index (κ3) is 4.19. The first-order chi connectivity index (χ1) is 10.6. The summed E-state index contributed by atoms with van der Waals surface area (Å²) in [6.07, 6.45) is 6.79. The number of benzene rings is 1. The highest BCUT2D eigenvalue weighted by molar-refractivity contribution is 6.01. The average Bonchev–Trinajstić information content (AvgIpc) is 2.53. The Bertz CT molecular complexity index is 620. The molecule has 1 aromatic carbocycles. The Balaban J connectivity index is 2.07. The fraction of sp³-hybridized carbons (Fsp3) is 0.353. The van der Waals surface area contributed by atoms with Crippen molar-refractivity contribution >= 4 is 18.0 Å². The summed E-state index contributed by atoms with van der Waals surface area (Å²) in [7, 11) is 0. The summed E-state index contributed by atoms with van der Waals surface area (Å²) in [5.41, 5.74) is 0.830. The second-order valence-electron chi connectivity index (χ2n) is 5.41. The summed E-state index contributed by atoms with van der Waals surface area (Å²) in [5.74, 6) is -1.37. The standard InChI is InChI=1S/C17H18N2O3/c18-11-14(16(20)19-15-4-2-1-3-5-15)10-12-6-8-13(9-7-12)17(21)22/h6-10,15H,1-5H2,(H,19,20)(H,21,22)/b14-10+. The van der Waals surface area contributed by atoms with Crippen LogP contribution in [0.1, 0.15) is 48.0 Å². The van der Waals surface area contributed by atoms with Gasteiger partial charge >= 0.3 is 5.97 Å². The lowest BCUT2D eigenvalue weighted by Gasteiger charge is -2.22. The van der Waals surface area contributed by atoms with Gasteiger partial charge in [0.1, 0.15) is 11.6 Å². The number of hydrogen-bond donors (Lipinski definition) is 2. The number of aromatic carboxylic acids is 1. The zero-order chi connectivity index (χ0) is 15.9. The molecule has 1 aliphatic carbocycles. The topological polar surface area (TPSA) is 90.2 Å². The summed E-state index contributed by atoms with van der Waals surface area (Å²) < 4.78 is 0. The maximum Gasteiger partial charge on any atom is 0.335 e. The smallest absolute Gasteiger partial charge is 0.335 e. The van der Waals surface area contributed by atoms with Gasteiger partial charge in [0.05, 0.1) is 5.56 Å². The molecule has 1 fully saturated rings. The third-order valence-corrected chi connectivity index (χ3v) is 3.77. The Morgan fingerprint density at radius 3 is 2.36 bits per heavy atom. The number of rotatable bonds is 4. The van der Waals surface area contributed by atoms with Gasteiger partial charge in [-0.2, -0.15) is 5.26 Å². The Labute approximate surface area is 129 Å². The van der Waals surface area contributed by atoms with Gasteiger partial charge in [-0.3, -0.25) is 4.79 Å². The van der Waals surface area contributed by atoms with Crippen molar-refractivity contribution in [1.82, 2.24) is 5.32 Å². The van der Waals surface area contributed by atoms with Crippen LogP contribution in [0.5, 0.6) is 0 Å². The molecular formula is C17H18N2O3. The molecule has 2 rings (SSSR count). The number of nitriles is 1. The van der Waals surface area contributed by atoms with Crippen LogP contribution in [-0.4, -0.2) is 23.0 Å². The highest BCUT2D eigenvalue weighted by Gasteiger charge is 2.18. The normalized spacial score (nSPS) is 15.9. The number of hydrogen-bond acceptors (Lipinski definition) is 3. The molecule has 5 nitrogen and oxygen atoms in total. The summed E-state index contributed by atoms with van der Waals surface area (Å²) >= 11 is 0. The van der Waals surface area contributed by atoms with Gasteiger partial charge in [-0.1, -0.05) is 31.4 Å². The Kier molecular flexibility index (Phi) is 5.31. The van der Waals surface area contributed by atoms with E-state index in [1.807, 2.05) is 6.07 Å². The maximum atomic E-state index is 12.1. The van der Waals surface area contributed by atoms with Crippen LogP contribution in [0.15, 0.2) is 29.8 Å². The molecular weight excluding hydrogens is 280 g/mol. The summed E-state index contributed by atoms with van der Waals surface area (Å²) in [4.78, 5) is 22.9. The predicted molar refractivity (Wildman–Crippen MR) is 82.0 cm³/mol. The summed E-state index contributed by atoms with van der Waals surface area (Å²) in [6.45, 7) is 0. The first-order valence-corrected chi connectivity index (χ1v) is 7.36. The van der Waals surface area contributed by atoms with Crippen molar-refractivity contribution in [2.45, 2.75) is 38.1 Å². The predicted octanol–water partition coefficient (Wildman–Crippen LogP) is 2.74. The van der Waals surface area contributed by atoms with Crippen LogP contribution in [0, 0.1) is 11.3 Å². The van der Waals surface area contributed by atoms with Crippen LogP contribution in [0.25, 0.3) is 6.08 Å². The second kappa shape index (κ2) is 7.41.